The third kappa shape index (κ3) is 3.10. The standard InChI is InChI=1S/C46H45N/c1-42(2)20-21-43(3,4)39-24-34(18-19-37(39)42)47(33-17-16-30-10-5-6-11-31(30)23-33)40-15-9-14-38-41(40)35-12-7-8-13-36(35)46(38)32-22-29-25-44(27-32)28-45(44,46)26-29/h5-19,23-24,29,32H,20-22,25-28H2,1-4H3. The second kappa shape index (κ2) is 8.41. The smallest absolute Gasteiger partial charge is 0.0543 e. The van der Waals surface area contributed by atoms with Crippen LogP contribution in [0.25, 0.3) is 21.9 Å². The molecule has 5 unspecified atom stereocenters. The summed E-state index contributed by atoms with van der Waals surface area (Å²) in [5.41, 5.74) is 14.8. The van der Waals surface area contributed by atoms with Crippen LogP contribution in [0, 0.1) is 22.7 Å². The van der Waals surface area contributed by atoms with Crippen LogP contribution in [0.15, 0.2) is 103 Å². The third-order valence-electron chi connectivity index (χ3n) is 14.9. The first kappa shape index (κ1) is 27.1. The van der Waals surface area contributed by atoms with Gasteiger partial charge in [-0.25, -0.2) is 0 Å². The van der Waals surface area contributed by atoms with Crippen LogP contribution in [0.5, 0.6) is 0 Å². The number of hydrogen-bond donors (Lipinski definition) is 0. The fourth-order valence-electron chi connectivity index (χ4n) is 13.1. The highest BCUT2D eigenvalue weighted by atomic mass is 15.1. The van der Waals surface area contributed by atoms with Crippen molar-refractivity contribution in [2.75, 3.05) is 4.90 Å². The molecular formula is C46H45N. The van der Waals surface area contributed by atoms with Crippen LogP contribution in [0.1, 0.15) is 94.9 Å². The summed E-state index contributed by atoms with van der Waals surface area (Å²) in [5, 5.41) is 2.59. The van der Waals surface area contributed by atoms with Crippen molar-refractivity contribution in [2.24, 2.45) is 22.7 Å². The number of fused-ring (bicyclic) bond motifs is 5. The fraction of sp³-hybridized carbons (Fsp3) is 0.391. The van der Waals surface area contributed by atoms with E-state index in [2.05, 4.69) is 136 Å². The summed E-state index contributed by atoms with van der Waals surface area (Å²) in [7, 11) is 0. The maximum Gasteiger partial charge on any atom is 0.0543 e. The summed E-state index contributed by atoms with van der Waals surface area (Å²) >= 11 is 0. The summed E-state index contributed by atoms with van der Waals surface area (Å²) in [6.45, 7) is 9.80. The zero-order valence-electron chi connectivity index (χ0n) is 28.4. The van der Waals surface area contributed by atoms with E-state index < -0.39 is 0 Å². The molecule has 0 heterocycles. The quantitative estimate of drug-likeness (QED) is 0.196. The molecule has 0 radical (unpaired) electrons. The van der Waals surface area contributed by atoms with Crippen molar-refractivity contribution in [3.63, 3.8) is 0 Å². The second-order valence-electron chi connectivity index (χ2n) is 17.9. The molecule has 5 atom stereocenters. The molecule has 0 amide bonds. The molecule has 0 N–H and O–H groups in total. The van der Waals surface area contributed by atoms with Crippen molar-refractivity contribution in [2.45, 2.75) is 88.9 Å². The summed E-state index contributed by atoms with van der Waals surface area (Å²) in [5.74, 6) is 1.74. The van der Waals surface area contributed by atoms with Gasteiger partial charge in [-0.1, -0.05) is 100 Å². The average Bonchev–Trinajstić information content (AvgIpc) is 3.35. The van der Waals surface area contributed by atoms with E-state index in [0.717, 1.165) is 11.8 Å². The zero-order valence-corrected chi connectivity index (χ0v) is 28.4. The van der Waals surface area contributed by atoms with Gasteiger partial charge in [0.25, 0.3) is 0 Å². The molecule has 5 saturated carbocycles. The van der Waals surface area contributed by atoms with Crippen LogP contribution in [-0.4, -0.2) is 0 Å². The van der Waals surface area contributed by atoms with Gasteiger partial charge in [0.1, 0.15) is 0 Å². The third-order valence-corrected chi connectivity index (χ3v) is 14.9. The molecule has 234 valence electrons. The Morgan fingerprint density at radius 3 is 2.17 bits per heavy atom. The Morgan fingerprint density at radius 1 is 0.596 bits per heavy atom. The van der Waals surface area contributed by atoms with Gasteiger partial charge in [-0.15, -0.1) is 0 Å². The van der Waals surface area contributed by atoms with E-state index >= 15 is 0 Å². The van der Waals surface area contributed by atoms with E-state index in [-0.39, 0.29) is 16.2 Å². The van der Waals surface area contributed by atoms with Crippen molar-refractivity contribution in [3.8, 4) is 11.1 Å². The first-order valence-corrected chi connectivity index (χ1v) is 18.4. The van der Waals surface area contributed by atoms with Gasteiger partial charge in [-0.3, -0.25) is 0 Å². The molecule has 5 aromatic rings. The lowest BCUT2D eigenvalue weighted by Gasteiger charge is -2.48. The lowest BCUT2D eigenvalue weighted by atomic mass is 9.54. The molecule has 1 nitrogen and oxygen atoms in total. The molecule has 5 fully saturated rings. The van der Waals surface area contributed by atoms with Gasteiger partial charge in [0.2, 0.25) is 0 Å². The Hall–Kier alpha value is -3.84. The van der Waals surface area contributed by atoms with E-state index in [4.69, 9.17) is 0 Å². The normalized spacial score (nSPS) is 32.3. The van der Waals surface area contributed by atoms with Gasteiger partial charge in [0.15, 0.2) is 0 Å². The van der Waals surface area contributed by atoms with Crippen molar-refractivity contribution < 1.29 is 0 Å². The summed E-state index contributed by atoms with van der Waals surface area (Å²) < 4.78 is 0. The van der Waals surface area contributed by atoms with Crippen LogP contribution in [-0.2, 0) is 16.2 Å². The molecular weight excluding hydrogens is 567 g/mol. The molecule has 7 aliphatic rings. The van der Waals surface area contributed by atoms with Crippen LogP contribution >= 0.6 is 0 Å². The summed E-state index contributed by atoms with van der Waals surface area (Å²) in [6.07, 6.45) is 9.72. The molecule has 0 aliphatic heterocycles. The highest BCUT2D eigenvalue weighted by Crippen LogP contribution is 2.95. The monoisotopic (exact) mass is 611 g/mol. The lowest BCUT2D eigenvalue weighted by molar-refractivity contribution is 0.121. The van der Waals surface area contributed by atoms with Crippen molar-refractivity contribution in [3.05, 3.63) is 125 Å². The molecule has 5 aromatic carbocycles. The molecule has 7 aliphatic carbocycles. The Morgan fingerprint density at radius 2 is 1.32 bits per heavy atom. The van der Waals surface area contributed by atoms with Crippen LogP contribution in [0.2, 0.25) is 0 Å². The van der Waals surface area contributed by atoms with Crippen molar-refractivity contribution in [1.82, 2.24) is 0 Å². The number of hydrogen-bond acceptors (Lipinski definition) is 1. The molecule has 12 rings (SSSR count). The lowest BCUT2D eigenvalue weighted by Crippen LogP contribution is -2.44. The largest absolute Gasteiger partial charge is 0.310 e. The van der Waals surface area contributed by atoms with Gasteiger partial charge in [-0.2, -0.15) is 0 Å². The Kier molecular flexibility index (Phi) is 4.86. The molecule has 4 bridgehead atoms. The summed E-state index contributed by atoms with van der Waals surface area (Å²) in [4.78, 5) is 2.63. The van der Waals surface area contributed by atoms with E-state index in [1.807, 2.05) is 0 Å². The number of benzene rings is 5. The molecule has 1 heteroatoms. The minimum atomic E-state index is 0.146. The maximum absolute atomic E-state index is 2.63. The van der Waals surface area contributed by atoms with E-state index in [1.165, 1.54) is 95.0 Å². The van der Waals surface area contributed by atoms with Crippen molar-refractivity contribution in [1.29, 1.82) is 0 Å². The maximum atomic E-state index is 2.63. The molecule has 3 spiro atoms. The molecule has 0 saturated heterocycles. The SMILES string of the molecule is CC1(C)CCC(C)(C)c2cc(N(c3ccc4ccccc4c3)c3cccc4c3-c3ccccc3C43C4CC5CC6(C4)CC63C5)ccc21. The van der Waals surface area contributed by atoms with Crippen LogP contribution in [0.4, 0.5) is 17.1 Å². The van der Waals surface area contributed by atoms with Crippen LogP contribution in [0.3, 0.4) is 0 Å². The van der Waals surface area contributed by atoms with E-state index in [0.29, 0.717) is 10.8 Å². The van der Waals surface area contributed by atoms with E-state index in [1.54, 1.807) is 11.1 Å². The highest BCUT2D eigenvalue weighted by molar-refractivity contribution is 5.98. The predicted molar refractivity (Wildman–Crippen MR) is 195 cm³/mol. The van der Waals surface area contributed by atoms with Crippen molar-refractivity contribution >= 4 is 27.8 Å². The Bertz CT molecular complexity index is 2190. The number of anilines is 3. The topological polar surface area (TPSA) is 3.24 Å². The number of rotatable bonds is 3. The van der Waals surface area contributed by atoms with Gasteiger partial charge >= 0.3 is 0 Å². The van der Waals surface area contributed by atoms with Gasteiger partial charge in [0.05, 0.1) is 5.69 Å². The Labute approximate surface area is 280 Å². The first-order chi connectivity index (χ1) is 22.7. The highest BCUT2D eigenvalue weighted by Gasteiger charge is 2.88. The van der Waals surface area contributed by atoms with E-state index in [9.17, 15) is 0 Å². The van der Waals surface area contributed by atoms with Gasteiger partial charge in [0, 0.05) is 22.4 Å². The van der Waals surface area contributed by atoms with Gasteiger partial charge in [-0.05, 0) is 147 Å². The minimum Gasteiger partial charge on any atom is -0.310 e. The van der Waals surface area contributed by atoms with Crippen LogP contribution < -0.4 is 4.90 Å². The fourth-order valence-corrected chi connectivity index (χ4v) is 13.1. The predicted octanol–water partition coefficient (Wildman–Crippen LogP) is 12.1. The first-order valence-electron chi connectivity index (χ1n) is 18.4. The van der Waals surface area contributed by atoms with Gasteiger partial charge < -0.3 is 4.90 Å². The average molecular weight is 612 g/mol. The molecule has 47 heavy (non-hydrogen) atoms. The second-order valence-corrected chi connectivity index (χ2v) is 17.9. The number of nitrogens with zero attached hydrogens (tertiary/aromatic N) is 1. The minimum absolute atomic E-state index is 0.146. The summed E-state index contributed by atoms with van der Waals surface area (Å²) in [6, 6.07) is 40.5. The Balaban J connectivity index is 1.19. The molecule has 0 aromatic heterocycles. The zero-order chi connectivity index (χ0) is 31.6.